The first-order valence-corrected chi connectivity index (χ1v) is 11.9. The summed E-state index contributed by atoms with van der Waals surface area (Å²) in [4.78, 5) is 32.0. The molecule has 8 heteroatoms. The third kappa shape index (κ3) is 5.69. The number of anilines is 3. The molecule has 1 aliphatic rings. The number of nitrogens with zero attached hydrogens (tertiary/aromatic N) is 2. The molecule has 1 aliphatic heterocycles. The monoisotopic (exact) mass is 556 g/mol. The molecule has 0 bridgehead atoms. The molecule has 0 radical (unpaired) electrons. The molecular formula is C25H25IN4O3. The van der Waals surface area contributed by atoms with E-state index in [-0.39, 0.29) is 11.8 Å². The van der Waals surface area contributed by atoms with Gasteiger partial charge in [-0.3, -0.25) is 9.59 Å². The molecule has 1 fully saturated rings. The van der Waals surface area contributed by atoms with E-state index in [4.69, 9.17) is 0 Å². The summed E-state index contributed by atoms with van der Waals surface area (Å²) in [5.74, 6) is -0.226. The minimum atomic E-state index is -0.491. The lowest BCUT2D eigenvalue weighted by Gasteiger charge is -2.34. The summed E-state index contributed by atoms with van der Waals surface area (Å²) in [5.41, 5.74) is 3.12. The standard InChI is InChI=1S/C25H25IN4O3/c1-16-5-12-22(27-15-16)29-25(33)20-14-18(26)8-11-21(20)28-24(32)17-6-9-19(10-7-17)30-13-3-2-4-23(30)31/h5-12,14-15,23,31H,2-4,13H2,1H3,(H,28,32)(H,27,29,33). The van der Waals surface area contributed by atoms with Gasteiger partial charge in [0.05, 0.1) is 11.3 Å². The average molecular weight is 556 g/mol. The molecule has 0 aliphatic carbocycles. The van der Waals surface area contributed by atoms with E-state index in [9.17, 15) is 14.7 Å². The molecule has 3 N–H and O–H groups in total. The van der Waals surface area contributed by atoms with Gasteiger partial charge in [0.2, 0.25) is 0 Å². The number of nitrogens with one attached hydrogen (secondary N) is 2. The number of aromatic nitrogens is 1. The van der Waals surface area contributed by atoms with E-state index in [2.05, 4.69) is 38.2 Å². The van der Waals surface area contributed by atoms with Crippen molar-refractivity contribution in [2.24, 2.45) is 0 Å². The number of amides is 2. The number of carbonyl (C=O) groups excluding carboxylic acids is 2. The number of carbonyl (C=O) groups is 2. The van der Waals surface area contributed by atoms with Crippen LogP contribution in [0.1, 0.15) is 45.5 Å². The van der Waals surface area contributed by atoms with Crippen molar-refractivity contribution in [1.29, 1.82) is 0 Å². The van der Waals surface area contributed by atoms with Crippen molar-refractivity contribution in [2.75, 3.05) is 22.1 Å². The van der Waals surface area contributed by atoms with Crippen molar-refractivity contribution in [3.8, 4) is 0 Å². The average Bonchev–Trinajstić information content (AvgIpc) is 2.82. The second-order valence-corrected chi connectivity index (χ2v) is 9.28. The summed E-state index contributed by atoms with van der Waals surface area (Å²) < 4.78 is 0.872. The zero-order valence-electron chi connectivity index (χ0n) is 18.2. The summed E-state index contributed by atoms with van der Waals surface area (Å²) in [6, 6.07) is 16.0. The van der Waals surface area contributed by atoms with Crippen LogP contribution in [0.5, 0.6) is 0 Å². The van der Waals surface area contributed by atoms with E-state index < -0.39 is 6.23 Å². The quantitative estimate of drug-likeness (QED) is 0.393. The van der Waals surface area contributed by atoms with Crippen LogP contribution in [-0.4, -0.2) is 34.7 Å². The lowest BCUT2D eigenvalue weighted by Crippen LogP contribution is -2.39. The minimum absolute atomic E-state index is 0.315. The van der Waals surface area contributed by atoms with Crippen LogP contribution in [0, 0.1) is 10.5 Å². The molecule has 1 unspecified atom stereocenters. The second kappa shape index (κ2) is 10.3. The van der Waals surface area contributed by atoms with Gasteiger partial charge in [-0.15, -0.1) is 0 Å². The molecule has 2 amide bonds. The third-order valence-corrected chi connectivity index (χ3v) is 6.23. The number of hydrogen-bond acceptors (Lipinski definition) is 5. The summed E-state index contributed by atoms with van der Waals surface area (Å²) in [6.45, 7) is 2.72. The smallest absolute Gasteiger partial charge is 0.258 e. The van der Waals surface area contributed by atoms with Gasteiger partial charge < -0.3 is 20.6 Å². The maximum absolute atomic E-state index is 12.9. The van der Waals surface area contributed by atoms with Gasteiger partial charge in [-0.25, -0.2) is 4.98 Å². The summed E-state index contributed by atoms with van der Waals surface area (Å²) in [7, 11) is 0. The van der Waals surface area contributed by atoms with Crippen LogP contribution in [-0.2, 0) is 0 Å². The van der Waals surface area contributed by atoms with E-state index in [0.29, 0.717) is 22.6 Å². The fourth-order valence-electron chi connectivity index (χ4n) is 3.75. The molecule has 0 saturated carbocycles. The molecule has 170 valence electrons. The normalized spacial score (nSPS) is 15.7. The van der Waals surface area contributed by atoms with Crippen molar-refractivity contribution < 1.29 is 14.7 Å². The lowest BCUT2D eigenvalue weighted by molar-refractivity contribution is 0.102. The van der Waals surface area contributed by atoms with E-state index in [1.165, 1.54) is 0 Å². The number of hydrogen-bond donors (Lipinski definition) is 3. The fraction of sp³-hybridized carbons (Fsp3) is 0.240. The van der Waals surface area contributed by atoms with Gasteiger partial charge in [0, 0.05) is 27.6 Å². The fourth-order valence-corrected chi connectivity index (χ4v) is 4.24. The van der Waals surface area contributed by atoms with E-state index in [0.717, 1.165) is 40.6 Å². The Morgan fingerprint density at radius 1 is 1.03 bits per heavy atom. The predicted molar refractivity (Wildman–Crippen MR) is 138 cm³/mol. The summed E-state index contributed by atoms with van der Waals surface area (Å²) in [6.07, 6.45) is 3.99. The number of aliphatic hydroxyl groups excluding tert-OH is 1. The molecule has 7 nitrogen and oxygen atoms in total. The highest BCUT2D eigenvalue weighted by Gasteiger charge is 2.21. The van der Waals surface area contributed by atoms with E-state index >= 15 is 0 Å². The Bertz CT molecular complexity index is 1150. The topological polar surface area (TPSA) is 94.6 Å². The SMILES string of the molecule is Cc1ccc(NC(=O)c2cc(I)ccc2NC(=O)c2ccc(N3CCCCC3O)cc2)nc1. The van der Waals surface area contributed by atoms with Gasteiger partial charge in [-0.2, -0.15) is 0 Å². The molecule has 4 rings (SSSR count). The van der Waals surface area contributed by atoms with Crippen LogP contribution in [0.25, 0.3) is 0 Å². The van der Waals surface area contributed by atoms with Crippen molar-refractivity contribution in [3.05, 3.63) is 81.1 Å². The Labute approximate surface area is 206 Å². The van der Waals surface area contributed by atoms with Crippen molar-refractivity contribution in [3.63, 3.8) is 0 Å². The number of piperidine rings is 1. The van der Waals surface area contributed by atoms with Gasteiger partial charge >= 0.3 is 0 Å². The molecular weight excluding hydrogens is 531 g/mol. The Balaban J connectivity index is 1.49. The number of aliphatic hydroxyl groups is 1. The lowest BCUT2D eigenvalue weighted by atomic mass is 10.1. The van der Waals surface area contributed by atoms with Gasteiger partial charge in [0.1, 0.15) is 12.0 Å². The van der Waals surface area contributed by atoms with Gasteiger partial charge in [-0.1, -0.05) is 6.07 Å². The molecule has 1 aromatic heterocycles. The number of pyridine rings is 1. The van der Waals surface area contributed by atoms with E-state index in [1.54, 1.807) is 36.5 Å². The van der Waals surface area contributed by atoms with Crippen molar-refractivity contribution in [2.45, 2.75) is 32.4 Å². The van der Waals surface area contributed by atoms with Crippen LogP contribution in [0.4, 0.5) is 17.2 Å². The minimum Gasteiger partial charge on any atom is -0.374 e. The maximum Gasteiger partial charge on any atom is 0.258 e. The molecule has 1 atom stereocenters. The number of halogens is 1. The molecule has 33 heavy (non-hydrogen) atoms. The van der Waals surface area contributed by atoms with Crippen LogP contribution in [0.3, 0.4) is 0 Å². The molecule has 3 aromatic rings. The number of benzene rings is 2. The molecule has 2 aromatic carbocycles. The van der Waals surface area contributed by atoms with Gasteiger partial charge in [-0.05, 0) is 103 Å². The summed E-state index contributed by atoms with van der Waals surface area (Å²) >= 11 is 2.13. The van der Waals surface area contributed by atoms with Crippen molar-refractivity contribution >= 4 is 51.6 Å². The Morgan fingerprint density at radius 3 is 2.52 bits per heavy atom. The Morgan fingerprint density at radius 2 is 1.82 bits per heavy atom. The molecule has 1 saturated heterocycles. The van der Waals surface area contributed by atoms with Crippen LogP contribution < -0.4 is 15.5 Å². The third-order valence-electron chi connectivity index (χ3n) is 5.56. The highest BCUT2D eigenvalue weighted by atomic mass is 127. The highest BCUT2D eigenvalue weighted by Crippen LogP contribution is 2.25. The first-order valence-electron chi connectivity index (χ1n) is 10.8. The van der Waals surface area contributed by atoms with E-state index in [1.807, 2.05) is 36.1 Å². The van der Waals surface area contributed by atoms with Crippen LogP contribution in [0.2, 0.25) is 0 Å². The largest absolute Gasteiger partial charge is 0.374 e. The highest BCUT2D eigenvalue weighted by molar-refractivity contribution is 14.1. The zero-order valence-corrected chi connectivity index (χ0v) is 20.4. The first-order chi connectivity index (χ1) is 15.9. The molecule has 0 spiro atoms. The Hall–Kier alpha value is -2.98. The maximum atomic E-state index is 12.9. The van der Waals surface area contributed by atoms with Crippen LogP contribution >= 0.6 is 22.6 Å². The first kappa shape index (κ1) is 23.2. The second-order valence-electron chi connectivity index (χ2n) is 8.04. The number of rotatable bonds is 5. The van der Waals surface area contributed by atoms with Crippen LogP contribution in [0.15, 0.2) is 60.8 Å². The number of aryl methyl sites for hydroxylation is 1. The van der Waals surface area contributed by atoms with Gasteiger partial charge in [0.15, 0.2) is 0 Å². The Kier molecular flexibility index (Phi) is 7.24. The summed E-state index contributed by atoms with van der Waals surface area (Å²) in [5, 5.41) is 15.9. The predicted octanol–water partition coefficient (Wildman–Crippen LogP) is 4.81. The molecule has 2 heterocycles. The van der Waals surface area contributed by atoms with Crippen molar-refractivity contribution in [1.82, 2.24) is 4.98 Å². The van der Waals surface area contributed by atoms with Gasteiger partial charge in [0.25, 0.3) is 11.8 Å². The zero-order chi connectivity index (χ0) is 23.4.